The maximum absolute atomic E-state index is 13.1. The van der Waals surface area contributed by atoms with Crippen molar-refractivity contribution < 1.29 is 4.39 Å². The van der Waals surface area contributed by atoms with E-state index in [0.29, 0.717) is 6.42 Å². The highest BCUT2D eigenvalue weighted by Gasteiger charge is 2.12. The molecule has 0 radical (unpaired) electrons. The molecule has 0 aliphatic carbocycles. The molecule has 3 heteroatoms. The molecule has 2 N–H and O–H groups in total. The molecule has 0 saturated heterocycles. The Kier molecular flexibility index (Phi) is 4.38. The molecule has 0 amide bonds. The van der Waals surface area contributed by atoms with Gasteiger partial charge in [-0.1, -0.05) is 45.8 Å². The number of aryl methyl sites for hydroxylation is 2. The zero-order chi connectivity index (χ0) is 14.0. The minimum Gasteiger partial charge on any atom is -0.324 e. The zero-order valence-electron chi connectivity index (χ0n) is 11.1. The van der Waals surface area contributed by atoms with Crippen LogP contribution < -0.4 is 5.73 Å². The van der Waals surface area contributed by atoms with Gasteiger partial charge in [-0.15, -0.1) is 0 Å². The van der Waals surface area contributed by atoms with Crippen molar-refractivity contribution in [2.24, 2.45) is 5.73 Å². The molecule has 0 aromatic heterocycles. The van der Waals surface area contributed by atoms with Gasteiger partial charge in [0, 0.05) is 10.5 Å². The number of hydrogen-bond donors (Lipinski definition) is 1. The van der Waals surface area contributed by atoms with Crippen LogP contribution in [0.1, 0.15) is 28.3 Å². The maximum atomic E-state index is 13.1. The third-order valence-corrected chi connectivity index (χ3v) is 4.03. The molecule has 19 heavy (non-hydrogen) atoms. The second kappa shape index (κ2) is 5.85. The van der Waals surface area contributed by atoms with E-state index < -0.39 is 0 Å². The fourth-order valence-corrected chi connectivity index (χ4v) is 2.71. The van der Waals surface area contributed by atoms with E-state index in [1.54, 1.807) is 6.07 Å². The topological polar surface area (TPSA) is 26.0 Å². The van der Waals surface area contributed by atoms with Crippen molar-refractivity contribution in [2.75, 3.05) is 0 Å². The molecule has 0 saturated carbocycles. The van der Waals surface area contributed by atoms with Crippen LogP contribution in [-0.4, -0.2) is 0 Å². The molecule has 1 atom stereocenters. The minimum absolute atomic E-state index is 0.0818. The van der Waals surface area contributed by atoms with Crippen LogP contribution in [0, 0.1) is 19.7 Å². The van der Waals surface area contributed by atoms with Gasteiger partial charge in [-0.3, -0.25) is 0 Å². The summed E-state index contributed by atoms with van der Waals surface area (Å²) in [4.78, 5) is 0. The molecule has 0 aliphatic heterocycles. The smallest absolute Gasteiger partial charge is 0.124 e. The van der Waals surface area contributed by atoms with E-state index in [-0.39, 0.29) is 11.9 Å². The monoisotopic (exact) mass is 321 g/mol. The lowest BCUT2D eigenvalue weighted by atomic mass is 9.95. The summed E-state index contributed by atoms with van der Waals surface area (Å²) in [6.07, 6.45) is 0.686. The van der Waals surface area contributed by atoms with Gasteiger partial charge in [-0.2, -0.15) is 0 Å². The van der Waals surface area contributed by atoms with Crippen LogP contribution in [0.3, 0.4) is 0 Å². The van der Waals surface area contributed by atoms with Crippen LogP contribution in [0.5, 0.6) is 0 Å². The summed E-state index contributed by atoms with van der Waals surface area (Å²) in [5.41, 5.74) is 10.9. The summed E-state index contributed by atoms with van der Waals surface area (Å²) < 4.78 is 13.8. The Morgan fingerprint density at radius 3 is 2.58 bits per heavy atom. The van der Waals surface area contributed by atoms with Crippen molar-refractivity contribution in [3.8, 4) is 0 Å². The van der Waals surface area contributed by atoms with E-state index in [1.165, 1.54) is 23.3 Å². The molecule has 0 fully saturated rings. The van der Waals surface area contributed by atoms with E-state index in [9.17, 15) is 4.39 Å². The summed E-state index contributed by atoms with van der Waals surface area (Å²) in [5, 5.41) is 0. The lowest BCUT2D eigenvalue weighted by Gasteiger charge is -2.16. The molecule has 0 spiro atoms. The standard InChI is InChI=1S/C16H17BrFN/c1-10-3-4-11(2)14(7-10)16(19)8-12-5-6-13(18)9-15(12)17/h3-7,9,16H,8,19H2,1-2H3. The van der Waals surface area contributed by atoms with E-state index in [0.717, 1.165) is 15.6 Å². The number of rotatable bonds is 3. The summed E-state index contributed by atoms with van der Waals surface area (Å²) in [6, 6.07) is 10.9. The van der Waals surface area contributed by atoms with Crippen LogP contribution in [0.2, 0.25) is 0 Å². The van der Waals surface area contributed by atoms with Gasteiger partial charge in [-0.25, -0.2) is 4.39 Å². The van der Waals surface area contributed by atoms with E-state index in [4.69, 9.17) is 5.73 Å². The largest absolute Gasteiger partial charge is 0.324 e. The Bertz CT molecular complexity index is 595. The normalized spacial score (nSPS) is 12.5. The summed E-state index contributed by atoms with van der Waals surface area (Å²) in [5.74, 6) is -0.240. The van der Waals surface area contributed by atoms with Gasteiger partial charge in [0.2, 0.25) is 0 Å². The van der Waals surface area contributed by atoms with Crippen LogP contribution in [0.25, 0.3) is 0 Å². The van der Waals surface area contributed by atoms with Crippen molar-refractivity contribution in [2.45, 2.75) is 26.3 Å². The van der Waals surface area contributed by atoms with Crippen LogP contribution in [0.4, 0.5) is 4.39 Å². The third-order valence-electron chi connectivity index (χ3n) is 3.29. The Morgan fingerprint density at radius 1 is 1.16 bits per heavy atom. The minimum atomic E-state index is -0.240. The van der Waals surface area contributed by atoms with Crippen LogP contribution in [0.15, 0.2) is 40.9 Å². The quantitative estimate of drug-likeness (QED) is 0.888. The first-order valence-electron chi connectivity index (χ1n) is 6.24. The number of nitrogens with two attached hydrogens (primary N) is 1. The van der Waals surface area contributed by atoms with Gasteiger partial charge in [0.15, 0.2) is 0 Å². The molecule has 0 heterocycles. The second-order valence-corrected chi connectivity index (χ2v) is 5.76. The average Bonchev–Trinajstić information content (AvgIpc) is 2.35. The van der Waals surface area contributed by atoms with Gasteiger partial charge in [0.1, 0.15) is 5.82 Å². The fourth-order valence-electron chi connectivity index (χ4n) is 2.19. The van der Waals surface area contributed by atoms with Crippen molar-refractivity contribution in [3.63, 3.8) is 0 Å². The van der Waals surface area contributed by atoms with E-state index >= 15 is 0 Å². The Labute approximate surface area is 121 Å². The average molecular weight is 322 g/mol. The molecular formula is C16H17BrFN. The van der Waals surface area contributed by atoms with Crippen LogP contribution in [-0.2, 0) is 6.42 Å². The number of benzene rings is 2. The molecule has 1 unspecified atom stereocenters. The Hall–Kier alpha value is -1.19. The number of halogens is 2. The van der Waals surface area contributed by atoms with Crippen LogP contribution >= 0.6 is 15.9 Å². The van der Waals surface area contributed by atoms with Gasteiger partial charge in [-0.05, 0) is 49.1 Å². The van der Waals surface area contributed by atoms with E-state index in [2.05, 4.69) is 48.0 Å². The van der Waals surface area contributed by atoms with E-state index in [1.807, 2.05) is 0 Å². The Balaban J connectivity index is 2.25. The first-order valence-corrected chi connectivity index (χ1v) is 7.03. The first-order chi connectivity index (χ1) is 8.97. The summed E-state index contributed by atoms with van der Waals surface area (Å²) in [7, 11) is 0. The highest BCUT2D eigenvalue weighted by atomic mass is 79.9. The molecule has 2 aromatic carbocycles. The van der Waals surface area contributed by atoms with Gasteiger partial charge >= 0.3 is 0 Å². The summed E-state index contributed by atoms with van der Waals surface area (Å²) >= 11 is 3.39. The molecular weight excluding hydrogens is 305 g/mol. The Morgan fingerprint density at radius 2 is 1.89 bits per heavy atom. The lowest BCUT2D eigenvalue weighted by Crippen LogP contribution is -2.15. The predicted octanol–water partition coefficient (Wildman–Crippen LogP) is 4.45. The highest BCUT2D eigenvalue weighted by molar-refractivity contribution is 9.10. The highest BCUT2D eigenvalue weighted by Crippen LogP contribution is 2.25. The molecule has 1 nitrogen and oxygen atoms in total. The third kappa shape index (κ3) is 3.43. The van der Waals surface area contributed by atoms with Gasteiger partial charge in [0.25, 0.3) is 0 Å². The van der Waals surface area contributed by atoms with Crippen molar-refractivity contribution in [1.29, 1.82) is 0 Å². The second-order valence-electron chi connectivity index (χ2n) is 4.91. The maximum Gasteiger partial charge on any atom is 0.124 e. The molecule has 2 rings (SSSR count). The molecule has 100 valence electrons. The predicted molar refractivity (Wildman–Crippen MR) is 80.6 cm³/mol. The molecule has 0 aliphatic rings. The summed E-state index contributed by atoms with van der Waals surface area (Å²) in [6.45, 7) is 4.12. The first kappa shape index (κ1) is 14.2. The molecule has 0 bridgehead atoms. The van der Waals surface area contributed by atoms with Gasteiger partial charge < -0.3 is 5.73 Å². The fraction of sp³-hybridized carbons (Fsp3) is 0.250. The van der Waals surface area contributed by atoms with Crippen molar-refractivity contribution >= 4 is 15.9 Å². The van der Waals surface area contributed by atoms with Gasteiger partial charge in [0.05, 0.1) is 0 Å². The van der Waals surface area contributed by atoms with Crippen molar-refractivity contribution in [3.05, 3.63) is 68.9 Å². The SMILES string of the molecule is Cc1ccc(C)c(C(N)Cc2ccc(F)cc2Br)c1. The zero-order valence-corrected chi connectivity index (χ0v) is 12.7. The lowest BCUT2D eigenvalue weighted by molar-refractivity contribution is 0.624. The molecule has 2 aromatic rings. The number of hydrogen-bond acceptors (Lipinski definition) is 1. The van der Waals surface area contributed by atoms with Crippen molar-refractivity contribution in [1.82, 2.24) is 0 Å².